The van der Waals surface area contributed by atoms with Gasteiger partial charge in [-0.3, -0.25) is 9.89 Å². The Balaban J connectivity index is 2.06. The van der Waals surface area contributed by atoms with E-state index in [1.807, 2.05) is 0 Å². The molecule has 2 aromatic heterocycles. The fourth-order valence-corrected chi connectivity index (χ4v) is 3.77. The minimum Gasteiger partial charge on any atom is -0.481 e. The van der Waals surface area contributed by atoms with Crippen molar-refractivity contribution >= 4 is 27.3 Å². The van der Waals surface area contributed by atoms with Crippen molar-refractivity contribution < 1.29 is 18.3 Å². The lowest BCUT2D eigenvalue weighted by Crippen LogP contribution is -2.22. The largest absolute Gasteiger partial charge is 0.481 e. The normalized spacial score (nSPS) is 11.6. The second-order valence-corrected chi connectivity index (χ2v) is 6.86. The van der Waals surface area contributed by atoms with Crippen molar-refractivity contribution in [3.05, 3.63) is 35.0 Å². The van der Waals surface area contributed by atoms with Crippen molar-refractivity contribution in [3.8, 4) is 0 Å². The van der Waals surface area contributed by atoms with Crippen molar-refractivity contribution in [3.63, 3.8) is 0 Å². The zero-order valence-electron chi connectivity index (χ0n) is 9.66. The van der Waals surface area contributed by atoms with Crippen LogP contribution in [0.25, 0.3) is 0 Å². The average molecular weight is 301 g/mol. The van der Waals surface area contributed by atoms with Gasteiger partial charge in [0, 0.05) is 11.1 Å². The molecule has 0 aliphatic carbocycles. The lowest BCUT2D eigenvalue weighted by molar-refractivity contribution is -0.136. The van der Waals surface area contributed by atoms with Crippen LogP contribution in [0.4, 0.5) is 0 Å². The van der Waals surface area contributed by atoms with Gasteiger partial charge in [0.05, 0.1) is 18.7 Å². The van der Waals surface area contributed by atoms with Crippen molar-refractivity contribution in [1.82, 2.24) is 14.9 Å². The molecule has 0 aromatic carbocycles. The highest BCUT2D eigenvalue weighted by atomic mass is 32.2. The highest BCUT2D eigenvalue weighted by Gasteiger charge is 2.17. The Kier molecular flexibility index (Phi) is 3.98. The number of carboxylic acids is 1. The van der Waals surface area contributed by atoms with Crippen LogP contribution in [0, 0.1) is 0 Å². The molecule has 0 fully saturated rings. The van der Waals surface area contributed by atoms with Crippen LogP contribution in [0.1, 0.15) is 10.6 Å². The van der Waals surface area contributed by atoms with E-state index >= 15 is 0 Å². The molecule has 2 aromatic rings. The summed E-state index contributed by atoms with van der Waals surface area (Å²) in [5.74, 6) is -0.990. The predicted molar refractivity (Wildman–Crippen MR) is 68.3 cm³/mol. The summed E-state index contributed by atoms with van der Waals surface area (Å²) in [6, 6.07) is 4.56. The van der Waals surface area contributed by atoms with E-state index in [-0.39, 0.29) is 17.2 Å². The van der Waals surface area contributed by atoms with Gasteiger partial charge in [0.2, 0.25) is 10.0 Å². The number of nitrogens with zero attached hydrogens (tertiary/aromatic N) is 1. The standard InChI is InChI=1S/C10H11N3O4S2/c14-9(15)5-8-1-2-10(18-8)19(16,17)12-6-7-3-4-11-13-7/h1-4,12H,5-6H2,(H,11,13)(H,14,15). The molecule has 3 N–H and O–H groups in total. The topological polar surface area (TPSA) is 112 Å². The molecule has 2 heterocycles. The third-order valence-electron chi connectivity index (χ3n) is 2.24. The highest BCUT2D eigenvalue weighted by Crippen LogP contribution is 2.22. The Morgan fingerprint density at radius 3 is 2.84 bits per heavy atom. The molecular formula is C10H11N3O4S2. The minimum absolute atomic E-state index is 0.100. The monoisotopic (exact) mass is 301 g/mol. The number of aliphatic carboxylic acids is 1. The first-order chi connectivity index (χ1) is 8.97. The Hall–Kier alpha value is -1.71. The first-order valence-electron chi connectivity index (χ1n) is 5.26. The van der Waals surface area contributed by atoms with E-state index in [4.69, 9.17) is 5.11 Å². The number of sulfonamides is 1. The SMILES string of the molecule is O=C(O)Cc1ccc(S(=O)(=O)NCc2ccn[nH]2)s1. The Morgan fingerprint density at radius 2 is 2.21 bits per heavy atom. The van der Waals surface area contributed by atoms with Gasteiger partial charge in [-0.05, 0) is 18.2 Å². The number of carboxylic acid groups (broad SMARTS) is 1. The zero-order valence-corrected chi connectivity index (χ0v) is 11.3. The molecule has 0 aliphatic heterocycles. The maximum Gasteiger partial charge on any atom is 0.308 e. The summed E-state index contributed by atoms with van der Waals surface area (Å²) in [6.07, 6.45) is 1.35. The Bertz CT molecular complexity index is 661. The molecule has 0 radical (unpaired) electrons. The van der Waals surface area contributed by atoms with Gasteiger partial charge in [0.15, 0.2) is 0 Å². The third-order valence-corrected chi connectivity index (χ3v) is 5.22. The van der Waals surface area contributed by atoms with Crippen LogP contribution in [-0.2, 0) is 27.8 Å². The van der Waals surface area contributed by atoms with E-state index in [9.17, 15) is 13.2 Å². The van der Waals surface area contributed by atoms with Crippen LogP contribution in [-0.4, -0.2) is 29.7 Å². The summed E-state index contributed by atoms with van der Waals surface area (Å²) >= 11 is 0.948. The van der Waals surface area contributed by atoms with Gasteiger partial charge < -0.3 is 5.11 Å². The molecule has 0 saturated carbocycles. The Morgan fingerprint density at radius 1 is 1.42 bits per heavy atom. The summed E-state index contributed by atoms with van der Waals surface area (Å²) in [6.45, 7) is 0.106. The molecule has 19 heavy (non-hydrogen) atoms. The second-order valence-electron chi connectivity index (χ2n) is 3.70. The molecule has 102 valence electrons. The van der Waals surface area contributed by atoms with Gasteiger partial charge >= 0.3 is 5.97 Å². The molecule has 7 nitrogen and oxygen atoms in total. The number of thiophene rings is 1. The van der Waals surface area contributed by atoms with Crippen LogP contribution in [0.3, 0.4) is 0 Å². The number of hydrogen-bond donors (Lipinski definition) is 3. The number of hydrogen-bond acceptors (Lipinski definition) is 5. The first kappa shape index (κ1) is 13.7. The van der Waals surface area contributed by atoms with E-state index in [1.54, 1.807) is 6.07 Å². The third kappa shape index (κ3) is 3.63. The van der Waals surface area contributed by atoms with Crippen LogP contribution >= 0.6 is 11.3 Å². The molecule has 9 heteroatoms. The minimum atomic E-state index is -3.62. The molecule has 0 amide bonds. The van der Waals surface area contributed by atoms with Crippen molar-refractivity contribution in [2.45, 2.75) is 17.2 Å². The van der Waals surface area contributed by atoms with E-state index in [0.29, 0.717) is 10.6 Å². The quantitative estimate of drug-likeness (QED) is 0.722. The van der Waals surface area contributed by atoms with E-state index < -0.39 is 16.0 Å². The summed E-state index contributed by atoms with van der Waals surface area (Å²) in [4.78, 5) is 11.0. The number of aromatic nitrogens is 2. The van der Waals surface area contributed by atoms with Gasteiger partial charge in [-0.1, -0.05) is 0 Å². The average Bonchev–Trinajstić information content (AvgIpc) is 2.96. The number of H-pyrrole nitrogens is 1. The molecule has 0 aliphatic rings. The summed E-state index contributed by atoms with van der Waals surface area (Å²) in [5.41, 5.74) is 0.644. The number of nitrogens with one attached hydrogen (secondary N) is 2. The van der Waals surface area contributed by atoms with Gasteiger partial charge in [0.1, 0.15) is 4.21 Å². The molecule has 0 unspecified atom stereocenters. The second kappa shape index (κ2) is 5.51. The van der Waals surface area contributed by atoms with Crippen LogP contribution in [0.2, 0.25) is 0 Å². The number of rotatable bonds is 6. The highest BCUT2D eigenvalue weighted by molar-refractivity contribution is 7.91. The lowest BCUT2D eigenvalue weighted by Gasteiger charge is -2.02. The number of aromatic amines is 1. The summed E-state index contributed by atoms with van der Waals surface area (Å²) in [7, 11) is -3.62. The predicted octanol–water partition coefficient (Wildman–Crippen LogP) is 0.577. The maximum atomic E-state index is 11.9. The van der Waals surface area contributed by atoms with Crippen molar-refractivity contribution in [2.24, 2.45) is 0 Å². The zero-order chi connectivity index (χ0) is 13.9. The van der Waals surface area contributed by atoms with E-state index in [1.165, 1.54) is 18.3 Å². The van der Waals surface area contributed by atoms with Crippen molar-refractivity contribution in [2.75, 3.05) is 0 Å². The smallest absolute Gasteiger partial charge is 0.308 e. The van der Waals surface area contributed by atoms with E-state index in [0.717, 1.165) is 11.3 Å². The Labute approximate surface area is 113 Å². The van der Waals surface area contributed by atoms with Gasteiger partial charge in [-0.15, -0.1) is 11.3 Å². The molecule has 0 spiro atoms. The summed E-state index contributed by atoms with van der Waals surface area (Å²) in [5, 5.41) is 15.0. The number of carbonyl (C=O) groups is 1. The lowest BCUT2D eigenvalue weighted by atomic mass is 10.3. The fourth-order valence-electron chi connectivity index (χ4n) is 1.37. The van der Waals surface area contributed by atoms with Gasteiger partial charge in [-0.25, -0.2) is 13.1 Å². The van der Waals surface area contributed by atoms with Gasteiger partial charge in [-0.2, -0.15) is 5.10 Å². The first-order valence-corrected chi connectivity index (χ1v) is 7.56. The molecule has 0 bridgehead atoms. The van der Waals surface area contributed by atoms with Crippen molar-refractivity contribution in [1.29, 1.82) is 0 Å². The van der Waals surface area contributed by atoms with Crippen LogP contribution in [0.15, 0.2) is 28.6 Å². The van der Waals surface area contributed by atoms with Gasteiger partial charge in [0.25, 0.3) is 0 Å². The van der Waals surface area contributed by atoms with Crippen LogP contribution < -0.4 is 4.72 Å². The van der Waals surface area contributed by atoms with E-state index in [2.05, 4.69) is 14.9 Å². The molecule has 2 rings (SSSR count). The molecule has 0 atom stereocenters. The summed E-state index contributed by atoms with van der Waals surface area (Å²) < 4.78 is 26.4. The molecule has 0 saturated heterocycles. The van der Waals surface area contributed by atoms with Crippen LogP contribution in [0.5, 0.6) is 0 Å². The maximum absolute atomic E-state index is 11.9. The molecular weight excluding hydrogens is 290 g/mol. The fraction of sp³-hybridized carbons (Fsp3) is 0.200.